The highest BCUT2D eigenvalue weighted by Crippen LogP contribution is 2.28. The van der Waals surface area contributed by atoms with Crippen molar-refractivity contribution in [2.75, 3.05) is 6.54 Å². The maximum atomic E-state index is 12.6. The second kappa shape index (κ2) is 11.2. The molecule has 0 unspecified atom stereocenters. The van der Waals surface area contributed by atoms with Gasteiger partial charge >= 0.3 is 14.6 Å². The van der Waals surface area contributed by atoms with Crippen LogP contribution in [0.5, 0.6) is 5.75 Å². The number of ether oxygens (including phenoxy) is 1. The van der Waals surface area contributed by atoms with Gasteiger partial charge in [0.05, 0.1) is 5.69 Å². The quantitative estimate of drug-likeness (QED) is 0.521. The molecule has 3 rings (SSSR count). The largest absolute Gasteiger partial charge is 0.586 e. The number of aromatic amines is 1. The lowest BCUT2D eigenvalue weighted by atomic mass is 10.0. The fourth-order valence-electron chi connectivity index (χ4n) is 3.16. The lowest BCUT2D eigenvalue weighted by molar-refractivity contribution is -0.294. The van der Waals surface area contributed by atoms with Crippen molar-refractivity contribution in [1.82, 2.24) is 4.98 Å². The second-order valence-corrected chi connectivity index (χ2v) is 6.35. The minimum atomic E-state index is -2.87. The maximum Gasteiger partial charge on any atom is 0.586 e. The summed E-state index contributed by atoms with van der Waals surface area (Å²) in [5.41, 5.74) is 11.1. The van der Waals surface area contributed by atoms with E-state index < -0.39 is 6.61 Å². The van der Waals surface area contributed by atoms with Gasteiger partial charge in [0.25, 0.3) is 0 Å². The van der Waals surface area contributed by atoms with Crippen molar-refractivity contribution in [3.05, 3.63) is 70.7 Å². The molecule has 0 saturated heterocycles. The average Bonchev–Trinajstić information content (AvgIpc) is 3.24. The molecule has 0 atom stereocenters. The Balaban J connectivity index is 0.00000225. The zero-order valence-electron chi connectivity index (χ0n) is 16.3. The van der Waals surface area contributed by atoms with E-state index in [1.54, 1.807) is 35.0 Å². The zero-order valence-corrected chi connectivity index (χ0v) is 16.3. The molecule has 0 fully saturated rings. The molecule has 9 heteroatoms. The summed E-state index contributed by atoms with van der Waals surface area (Å²) in [5.74, 6) is 0.133. The number of nitrogens with zero attached hydrogens (tertiary/aromatic N) is 1. The number of nitrogens with two attached hydrogens (primary N) is 1. The van der Waals surface area contributed by atoms with Crippen LogP contribution in [-0.4, -0.2) is 36.8 Å². The number of halogens is 4. The first kappa shape index (κ1) is 25.0. The molecule has 0 saturated carbocycles. The van der Waals surface area contributed by atoms with Gasteiger partial charge in [-0.05, 0) is 49.7 Å². The molecule has 3 N–H and O–H groups in total. The summed E-state index contributed by atoms with van der Waals surface area (Å²) in [6, 6.07) is 8.65. The van der Waals surface area contributed by atoms with E-state index in [4.69, 9.17) is 13.7 Å². The number of benzene rings is 1. The number of H-pyrrole nitrogens is 1. The van der Waals surface area contributed by atoms with Gasteiger partial charge < -0.3 is 15.5 Å². The fourth-order valence-corrected chi connectivity index (χ4v) is 3.16. The highest BCUT2D eigenvalue weighted by Gasteiger charge is 2.20. The Labute approximate surface area is 173 Å². The van der Waals surface area contributed by atoms with E-state index in [2.05, 4.69) is 9.72 Å². The van der Waals surface area contributed by atoms with Crippen LogP contribution >= 0.6 is 0 Å². The van der Waals surface area contributed by atoms with Crippen molar-refractivity contribution in [2.24, 2.45) is 5.73 Å². The Morgan fingerprint density at radius 1 is 1.27 bits per heavy atom. The van der Waals surface area contributed by atoms with Crippen LogP contribution in [0.2, 0.25) is 0 Å². The lowest BCUT2D eigenvalue weighted by Crippen LogP contribution is -2.09. The number of rotatable bonds is 7. The SMILES string of the molecule is F.F.[B][N+]1=CC=CC1=C(CCN)c1[nH]c(/C=C/c2ccccc2OC(F)F)cc1C. The van der Waals surface area contributed by atoms with Crippen LogP contribution in [0.15, 0.2) is 48.2 Å². The number of aromatic nitrogens is 1. The number of allylic oxidation sites excluding steroid dienone is 2. The van der Waals surface area contributed by atoms with Gasteiger partial charge in [-0.25, -0.2) is 0 Å². The Kier molecular flexibility index (Phi) is 9.33. The summed E-state index contributed by atoms with van der Waals surface area (Å²) < 4.78 is 31.3. The van der Waals surface area contributed by atoms with Crippen molar-refractivity contribution in [3.8, 4) is 5.75 Å². The molecule has 1 aliphatic heterocycles. The van der Waals surface area contributed by atoms with Gasteiger partial charge in [-0.1, -0.05) is 18.2 Å². The number of alkyl halides is 2. The molecule has 0 aliphatic carbocycles. The predicted octanol–water partition coefficient (Wildman–Crippen LogP) is 4.20. The molecule has 158 valence electrons. The third kappa shape index (κ3) is 5.73. The Morgan fingerprint density at radius 2 is 2.00 bits per heavy atom. The van der Waals surface area contributed by atoms with Crippen molar-refractivity contribution < 1.29 is 27.4 Å². The average molecular weight is 420 g/mol. The molecule has 0 spiro atoms. The summed E-state index contributed by atoms with van der Waals surface area (Å²) in [6.45, 7) is -0.380. The summed E-state index contributed by atoms with van der Waals surface area (Å²) in [6.07, 6.45) is 9.83. The van der Waals surface area contributed by atoms with Gasteiger partial charge in [0.1, 0.15) is 12.0 Å². The highest BCUT2D eigenvalue weighted by atomic mass is 19.3. The topological polar surface area (TPSA) is 54.0 Å². The highest BCUT2D eigenvalue weighted by molar-refractivity contribution is 6.01. The first-order chi connectivity index (χ1) is 13.5. The summed E-state index contributed by atoms with van der Waals surface area (Å²) >= 11 is 0. The standard InChI is InChI=1S/C21H21BF2N3O.2FH/c1-14-13-16(9-8-15-5-2-3-7-19(15)28-21(23)24)26-20(14)17(10-11-25)18-6-4-12-27(18)22;;/h2-9,12-13,21,26H,10-11,25H2,1H3;2*1H/q+1;;/b9-8+;;. The number of aryl methyl sites for hydroxylation is 1. The van der Waals surface area contributed by atoms with E-state index >= 15 is 0 Å². The third-order valence-corrected chi connectivity index (χ3v) is 4.40. The molecule has 1 aromatic carbocycles. The number of para-hydroxylation sites is 1. The molecule has 2 radical (unpaired) electrons. The molecular formula is C21H23BF4N3O+. The van der Waals surface area contributed by atoms with E-state index in [0.717, 1.165) is 28.2 Å². The predicted molar refractivity (Wildman–Crippen MR) is 114 cm³/mol. The number of hydrogen-bond acceptors (Lipinski definition) is 2. The lowest BCUT2D eigenvalue weighted by Gasteiger charge is -2.08. The van der Waals surface area contributed by atoms with Gasteiger partial charge in [0, 0.05) is 29.0 Å². The minimum Gasteiger partial charge on any atom is -0.434 e. The Bertz CT molecular complexity index is 980. The summed E-state index contributed by atoms with van der Waals surface area (Å²) in [5, 5.41) is 0. The third-order valence-electron chi connectivity index (χ3n) is 4.40. The van der Waals surface area contributed by atoms with Crippen LogP contribution in [-0.2, 0) is 0 Å². The monoisotopic (exact) mass is 420 g/mol. The van der Waals surface area contributed by atoms with Gasteiger partial charge in [-0.2, -0.15) is 8.78 Å². The van der Waals surface area contributed by atoms with Crippen LogP contribution in [0, 0.1) is 6.92 Å². The van der Waals surface area contributed by atoms with Crippen molar-refractivity contribution in [1.29, 1.82) is 0 Å². The van der Waals surface area contributed by atoms with Gasteiger partial charge in [-0.3, -0.25) is 13.9 Å². The normalized spacial score (nSPS) is 14.5. The Morgan fingerprint density at radius 3 is 2.63 bits per heavy atom. The smallest absolute Gasteiger partial charge is 0.434 e. The summed E-state index contributed by atoms with van der Waals surface area (Å²) in [4.78, 5) is 3.38. The van der Waals surface area contributed by atoms with E-state index in [0.29, 0.717) is 18.5 Å². The molecule has 0 amide bonds. The second-order valence-electron chi connectivity index (χ2n) is 6.35. The molecule has 1 aliphatic rings. The molecule has 2 heterocycles. The van der Waals surface area contributed by atoms with E-state index in [9.17, 15) is 8.78 Å². The first-order valence-corrected chi connectivity index (χ1v) is 8.90. The molecule has 4 nitrogen and oxygen atoms in total. The minimum absolute atomic E-state index is 0. The van der Waals surface area contributed by atoms with Crippen LogP contribution in [0.4, 0.5) is 18.2 Å². The maximum absolute atomic E-state index is 12.6. The van der Waals surface area contributed by atoms with Crippen molar-refractivity contribution >= 4 is 31.9 Å². The van der Waals surface area contributed by atoms with E-state index in [1.165, 1.54) is 6.07 Å². The molecular weight excluding hydrogens is 397 g/mol. The number of nitrogens with one attached hydrogen (secondary N) is 1. The van der Waals surface area contributed by atoms with Crippen LogP contribution in [0.1, 0.15) is 28.9 Å². The van der Waals surface area contributed by atoms with Crippen LogP contribution < -0.4 is 10.5 Å². The van der Waals surface area contributed by atoms with Gasteiger partial charge in [0.2, 0.25) is 0 Å². The molecule has 0 bridgehead atoms. The molecule has 1 aromatic heterocycles. The van der Waals surface area contributed by atoms with E-state index in [1.807, 2.05) is 31.2 Å². The van der Waals surface area contributed by atoms with Gasteiger partial charge in [0.15, 0.2) is 5.70 Å². The first-order valence-electron chi connectivity index (χ1n) is 8.90. The summed E-state index contributed by atoms with van der Waals surface area (Å²) in [7, 11) is 6.01. The van der Waals surface area contributed by atoms with Gasteiger partial charge in [-0.15, -0.1) is 0 Å². The molecule has 2 aromatic rings. The number of hydrogen-bond donors (Lipinski definition) is 2. The van der Waals surface area contributed by atoms with Crippen LogP contribution in [0.25, 0.3) is 17.7 Å². The van der Waals surface area contributed by atoms with Crippen molar-refractivity contribution in [2.45, 2.75) is 20.0 Å². The Hall–Kier alpha value is -3.07. The molecule has 30 heavy (non-hydrogen) atoms. The van der Waals surface area contributed by atoms with Crippen LogP contribution in [0.3, 0.4) is 0 Å². The zero-order chi connectivity index (χ0) is 20.1. The van der Waals surface area contributed by atoms with Crippen molar-refractivity contribution in [3.63, 3.8) is 0 Å². The van der Waals surface area contributed by atoms with E-state index in [-0.39, 0.29) is 15.2 Å². The fraction of sp³-hybridized carbons (Fsp3) is 0.190.